The van der Waals surface area contributed by atoms with Crippen LogP contribution in [0.5, 0.6) is 5.75 Å². The van der Waals surface area contributed by atoms with E-state index in [4.69, 9.17) is 0 Å². The summed E-state index contributed by atoms with van der Waals surface area (Å²) in [5.74, 6) is 0.511. The molecule has 1 heteroatoms. The van der Waals surface area contributed by atoms with Crippen molar-refractivity contribution in [1.29, 1.82) is 0 Å². The molecule has 0 saturated heterocycles. The van der Waals surface area contributed by atoms with Gasteiger partial charge in [-0.15, -0.1) is 0 Å². The molecule has 0 unspecified atom stereocenters. The Labute approximate surface area is 144 Å². The van der Waals surface area contributed by atoms with Crippen LogP contribution in [0.2, 0.25) is 0 Å². The second-order valence-electron chi connectivity index (χ2n) is 7.17. The number of aromatic hydroxyl groups is 1. The molecule has 1 rings (SSSR count). The summed E-state index contributed by atoms with van der Waals surface area (Å²) < 4.78 is 0. The Balaban J connectivity index is 3.01. The molecule has 1 N–H and O–H groups in total. The van der Waals surface area contributed by atoms with Crippen molar-refractivity contribution in [2.24, 2.45) is 0 Å². The molecule has 0 amide bonds. The average Bonchev–Trinajstić information content (AvgIpc) is 2.55. The van der Waals surface area contributed by atoms with E-state index >= 15 is 0 Å². The summed E-state index contributed by atoms with van der Waals surface area (Å²) in [5.41, 5.74) is 1.40. The van der Waals surface area contributed by atoms with Gasteiger partial charge in [-0.25, -0.2) is 0 Å². The van der Waals surface area contributed by atoms with Gasteiger partial charge in [-0.1, -0.05) is 96.8 Å². The zero-order valence-electron chi connectivity index (χ0n) is 15.7. The van der Waals surface area contributed by atoms with Crippen molar-refractivity contribution in [1.82, 2.24) is 0 Å². The molecule has 0 aromatic heterocycles. The van der Waals surface area contributed by atoms with E-state index in [-0.39, 0.29) is 5.41 Å². The van der Waals surface area contributed by atoms with E-state index in [2.05, 4.69) is 32.9 Å². The number of phenolic OH excluding ortho intramolecular Hbond substituents is 1. The minimum absolute atomic E-state index is 0.185. The smallest absolute Gasteiger partial charge is 0.119 e. The first-order valence-electron chi connectivity index (χ1n) is 9.98. The van der Waals surface area contributed by atoms with Crippen molar-refractivity contribution >= 4 is 0 Å². The number of unbranched alkanes of at least 4 members (excludes halogenated alkanes) is 6. The molecule has 132 valence electrons. The van der Waals surface area contributed by atoms with Crippen molar-refractivity contribution in [2.45, 2.75) is 103 Å². The Morgan fingerprint density at radius 1 is 0.696 bits per heavy atom. The molecular weight excluding hydrogens is 280 g/mol. The number of para-hydroxylation sites is 1. The molecule has 0 atom stereocenters. The van der Waals surface area contributed by atoms with Gasteiger partial charge in [-0.2, -0.15) is 0 Å². The lowest BCUT2D eigenvalue weighted by Crippen LogP contribution is -2.27. The third-order valence-corrected chi connectivity index (χ3v) is 5.25. The molecule has 0 aliphatic carbocycles. The number of hydrogen-bond donors (Lipinski definition) is 1. The summed E-state index contributed by atoms with van der Waals surface area (Å²) in [6.07, 6.45) is 15.2. The van der Waals surface area contributed by atoms with E-state index in [1.165, 1.54) is 82.6 Å². The van der Waals surface area contributed by atoms with Crippen LogP contribution in [0.25, 0.3) is 0 Å². The highest BCUT2D eigenvalue weighted by Crippen LogP contribution is 2.43. The molecular formula is C22H38O. The number of benzene rings is 1. The molecule has 1 aromatic rings. The third-order valence-electron chi connectivity index (χ3n) is 5.25. The van der Waals surface area contributed by atoms with Gasteiger partial charge in [0.1, 0.15) is 5.75 Å². The summed E-state index contributed by atoms with van der Waals surface area (Å²) in [6, 6.07) is 8.11. The van der Waals surface area contributed by atoms with Gasteiger partial charge in [0, 0.05) is 5.56 Å². The van der Waals surface area contributed by atoms with E-state index in [1.807, 2.05) is 12.1 Å². The predicted molar refractivity (Wildman–Crippen MR) is 102 cm³/mol. The van der Waals surface area contributed by atoms with Gasteiger partial charge in [0.25, 0.3) is 0 Å². The highest BCUT2D eigenvalue weighted by Gasteiger charge is 2.32. The number of rotatable bonds is 13. The maximum Gasteiger partial charge on any atom is 0.119 e. The van der Waals surface area contributed by atoms with E-state index in [1.54, 1.807) is 0 Å². The first kappa shape index (κ1) is 20.1. The zero-order chi connectivity index (χ0) is 17.0. The van der Waals surface area contributed by atoms with Crippen LogP contribution in [0, 0.1) is 0 Å². The van der Waals surface area contributed by atoms with Crippen molar-refractivity contribution in [3.05, 3.63) is 29.8 Å². The van der Waals surface area contributed by atoms with Crippen LogP contribution in [-0.2, 0) is 5.41 Å². The molecule has 0 saturated carbocycles. The van der Waals surface area contributed by atoms with Crippen LogP contribution < -0.4 is 0 Å². The fourth-order valence-electron chi connectivity index (χ4n) is 3.84. The van der Waals surface area contributed by atoms with Crippen LogP contribution in [0.4, 0.5) is 0 Å². The molecule has 0 heterocycles. The van der Waals surface area contributed by atoms with E-state index < -0.39 is 0 Å². The highest BCUT2D eigenvalue weighted by atomic mass is 16.3. The molecule has 1 aromatic carbocycles. The topological polar surface area (TPSA) is 20.2 Å². The van der Waals surface area contributed by atoms with Gasteiger partial charge in [0.05, 0.1) is 0 Å². The van der Waals surface area contributed by atoms with Crippen LogP contribution in [0.15, 0.2) is 24.3 Å². The molecule has 0 spiro atoms. The summed E-state index contributed by atoms with van der Waals surface area (Å²) >= 11 is 0. The lowest BCUT2D eigenvalue weighted by atomic mass is 9.69. The fourth-order valence-corrected chi connectivity index (χ4v) is 3.84. The van der Waals surface area contributed by atoms with Crippen LogP contribution in [0.1, 0.15) is 103 Å². The predicted octanol–water partition coefficient (Wildman–Crippen LogP) is 7.37. The Morgan fingerprint density at radius 2 is 1.13 bits per heavy atom. The monoisotopic (exact) mass is 318 g/mol. The quantitative estimate of drug-likeness (QED) is 0.376. The van der Waals surface area contributed by atoms with Gasteiger partial charge in [0.2, 0.25) is 0 Å². The van der Waals surface area contributed by atoms with E-state index in [0.717, 1.165) is 0 Å². The molecule has 0 aliphatic rings. The van der Waals surface area contributed by atoms with Crippen molar-refractivity contribution < 1.29 is 5.11 Å². The number of hydrogen-bond acceptors (Lipinski definition) is 1. The molecule has 0 bridgehead atoms. The Hall–Kier alpha value is -0.980. The normalized spacial score (nSPS) is 11.8. The fraction of sp³-hybridized carbons (Fsp3) is 0.727. The molecule has 1 nitrogen and oxygen atoms in total. The van der Waals surface area contributed by atoms with Gasteiger partial charge >= 0.3 is 0 Å². The largest absolute Gasteiger partial charge is 0.508 e. The van der Waals surface area contributed by atoms with Gasteiger partial charge in [-0.05, 0) is 30.7 Å². The van der Waals surface area contributed by atoms with E-state index in [9.17, 15) is 5.11 Å². The Morgan fingerprint density at radius 3 is 1.52 bits per heavy atom. The average molecular weight is 319 g/mol. The minimum atomic E-state index is 0.185. The van der Waals surface area contributed by atoms with Crippen LogP contribution >= 0.6 is 0 Å². The second-order valence-corrected chi connectivity index (χ2v) is 7.17. The maximum absolute atomic E-state index is 10.5. The van der Waals surface area contributed by atoms with E-state index in [0.29, 0.717) is 5.75 Å². The summed E-state index contributed by atoms with van der Waals surface area (Å²) in [6.45, 7) is 6.82. The van der Waals surface area contributed by atoms with Crippen LogP contribution in [0.3, 0.4) is 0 Å². The summed E-state index contributed by atoms with van der Waals surface area (Å²) in [5, 5.41) is 10.5. The SMILES string of the molecule is CCCCCC(CCCCC)(CCCCC)c1ccccc1O. The standard InChI is InChI=1S/C22H38O/c1-4-7-12-17-22(18-13-8-5-2,19-14-9-6-3)20-15-10-11-16-21(20)23/h10-11,15-16,23H,4-9,12-14,17-19H2,1-3H3. The maximum atomic E-state index is 10.5. The Kier molecular flexibility index (Phi) is 10.1. The van der Waals surface area contributed by atoms with Gasteiger partial charge < -0.3 is 5.11 Å². The van der Waals surface area contributed by atoms with Crippen LogP contribution in [-0.4, -0.2) is 5.11 Å². The number of phenols is 1. The van der Waals surface area contributed by atoms with Gasteiger partial charge in [-0.3, -0.25) is 0 Å². The molecule has 0 aliphatic heterocycles. The summed E-state index contributed by atoms with van der Waals surface area (Å²) in [4.78, 5) is 0. The van der Waals surface area contributed by atoms with Crippen molar-refractivity contribution in [3.8, 4) is 5.75 Å². The van der Waals surface area contributed by atoms with Crippen molar-refractivity contribution in [2.75, 3.05) is 0 Å². The first-order valence-corrected chi connectivity index (χ1v) is 9.98. The first-order chi connectivity index (χ1) is 11.2. The summed E-state index contributed by atoms with van der Waals surface area (Å²) in [7, 11) is 0. The zero-order valence-corrected chi connectivity index (χ0v) is 15.7. The van der Waals surface area contributed by atoms with Gasteiger partial charge in [0.15, 0.2) is 0 Å². The minimum Gasteiger partial charge on any atom is -0.508 e. The highest BCUT2D eigenvalue weighted by molar-refractivity contribution is 5.38. The third kappa shape index (κ3) is 6.57. The second kappa shape index (κ2) is 11.5. The molecule has 0 fully saturated rings. The Bertz CT molecular complexity index is 384. The lowest BCUT2D eigenvalue weighted by molar-refractivity contribution is 0.292. The molecule has 0 radical (unpaired) electrons. The molecule has 23 heavy (non-hydrogen) atoms. The lowest BCUT2D eigenvalue weighted by Gasteiger charge is -2.36. The van der Waals surface area contributed by atoms with Crippen molar-refractivity contribution in [3.63, 3.8) is 0 Å².